The number of carbonyl (C=O) groups is 2. The van der Waals surface area contributed by atoms with Crippen LogP contribution in [0.3, 0.4) is 0 Å². The van der Waals surface area contributed by atoms with E-state index in [4.69, 9.17) is 11.6 Å². The molecule has 1 heterocycles. The number of amidine groups is 1. The van der Waals surface area contributed by atoms with E-state index in [1.165, 1.54) is 5.01 Å². The zero-order chi connectivity index (χ0) is 23.5. The number of nitrogens with zero attached hydrogens (tertiary/aromatic N) is 2. The largest absolute Gasteiger partial charge is 0.288 e. The molecule has 1 N–H and O–H groups in total. The topological polar surface area (TPSA) is 61.8 Å². The minimum absolute atomic E-state index is 0.108. The molecule has 5 rings (SSSR count). The zero-order valence-electron chi connectivity index (χ0n) is 18.1. The van der Waals surface area contributed by atoms with E-state index in [1.54, 1.807) is 18.2 Å². The normalized spacial score (nSPS) is 14.7. The van der Waals surface area contributed by atoms with Gasteiger partial charge in [-0.1, -0.05) is 103 Å². The lowest BCUT2D eigenvalue weighted by molar-refractivity contribution is -0.135. The van der Waals surface area contributed by atoms with Crippen molar-refractivity contribution in [3.8, 4) is 0 Å². The molecule has 0 aromatic heterocycles. The van der Waals surface area contributed by atoms with Crippen LogP contribution in [-0.4, -0.2) is 22.7 Å². The lowest BCUT2D eigenvalue weighted by atomic mass is 10.0. The van der Waals surface area contributed by atoms with Crippen LogP contribution >= 0.6 is 11.6 Å². The van der Waals surface area contributed by atoms with Crippen LogP contribution in [-0.2, 0) is 16.0 Å². The van der Waals surface area contributed by atoms with E-state index in [-0.39, 0.29) is 18.0 Å². The maximum absolute atomic E-state index is 13.4. The van der Waals surface area contributed by atoms with Gasteiger partial charge in [0.25, 0.3) is 11.8 Å². The van der Waals surface area contributed by atoms with Crippen molar-refractivity contribution in [1.29, 1.82) is 0 Å². The van der Waals surface area contributed by atoms with Gasteiger partial charge in [-0.05, 0) is 34.0 Å². The Kier molecular flexibility index (Phi) is 5.93. The first-order valence-electron chi connectivity index (χ1n) is 10.8. The summed E-state index contributed by atoms with van der Waals surface area (Å²) in [5, 5.41) is 3.80. The molecule has 0 aliphatic carbocycles. The molecule has 0 bridgehead atoms. The first-order chi connectivity index (χ1) is 16.6. The fourth-order valence-electron chi connectivity index (χ4n) is 3.91. The first-order valence-corrected chi connectivity index (χ1v) is 11.2. The van der Waals surface area contributed by atoms with Crippen LogP contribution in [0.25, 0.3) is 16.8 Å². The van der Waals surface area contributed by atoms with E-state index >= 15 is 0 Å². The summed E-state index contributed by atoms with van der Waals surface area (Å²) in [7, 11) is 0. The molecule has 0 saturated heterocycles. The molecule has 1 aliphatic heterocycles. The van der Waals surface area contributed by atoms with Crippen LogP contribution in [0, 0.1) is 0 Å². The molecule has 0 fully saturated rings. The summed E-state index contributed by atoms with van der Waals surface area (Å²) in [5.74, 6) is -0.418. The highest BCUT2D eigenvalue weighted by Crippen LogP contribution is 2.23. The van der Waals surface area contributed by atoms with Crippen molar-refractivity contribution >= 4 is 46.1 Å². The van der Waals surface area contributed by atoms with Gasteiger partial charge in [0.15, 0.2) is 5.84 Å². The van der Waals surface area contributed by atoms with Gasteiger partial charge in [0.05, 0.1) is 6.42 Å². The Hall–Kier alpha value is -4.22. The fraction of sp³-hybridized carbons (Fsp3) is 0.0357. The first kappa shape index (κ1) is 21.6. The van der Waals surface area contributed by atoms with Crippen LogP contribution in [0.4, 0.5) is 0 Å². The second kappa shape index (κ2) is 9.33. The van der Waals surface area contributed by atoms with Crippen LogP contribution in [0.2, 0.25) is 5.02 Å². The summed E-state index contributed by atoms with van der Waals surface area (Å²) in [6, 6.07) is 30.3. The summed E-state index contributed by atoms with van der Waals surface area (Å²) in [6.07, 6.45) is 1.73. The maximum Gasteiger partial charge on any atom is 0.288 e. The van der Waals surface area contributed by atoms with Gasteiger partial charge in [-0.2, -0.15) is 0 Å². The number of halogens is 1. The maximum atomic E-state index is 13.4. The predicted molar refractivity (Wildman–Crippen MR) is 135 cm³/mol. The highest BCUT2D eigenvalue weighted by atomic mass is 35.5. The van der Waals surface area contributed by atoms with E-state index in [2.05, 4.69) is 10.4 Å². The number of hydrogen-bond donors (Lipinski definition) is 1. The summed E-state index contributed by atoms with van der Waals surface area (Å²) >= 11 is 6.27. The molecular formula is C28H20ClN3O2. The zero-order valence-corrected chi connectivity index (χ0v) is 18.9. The third-order valence-corrected chi connectivity index (χ3v) is 5.93. The fourth-order valence-corrected chi connectivity index (χ4v) is 4.10. The highest BCUT2D eigenvalue weighted by molar-refractivity contribution is 6.32. The monoisotopic (exact) mass is 465 g/mol. The standard InChI is InChI=1S/C28H20ClN3O2/c29-24-16-7-5-12-22(24)17-25-28(34)31-32(27(30-25)20-10-2-1-3-11-20)26(33)18-21-14-8-13-19-9-4-6-15-23(19)21/h1-17H,18H2,(H,31,34)/b25-17+. The molecule has 0 spiro atoms. The molecule has 0 radical (unpaired) electrons. The van der Waals surface area contributed by atoms with E-state index in [0.717, 1.165) is 16.3 Å². The molecule has 34 heavy (non-hydrogen) atoms. The Bertz CT molecular complexity index is 1460. The van der Waals surface area contributed by atoms with Gasteiger partial charge in [-0.3, -0.25) is 15.0 Å². The Morgan fingerprint density at radius 3 is 2.41 bits per heavy atom. The Balaban J connectivity index is 1.54. The van der Waals surface area contributed by atoms with Crippen LogP contribution in [0.15, 0.2) is 108 Å². The average molecular weight is 466 g/mol. The van der Waals surface area contributed by atoms with E-state index in [1.807, 2.05) is 84.9 Å². The molecule has 0 atom stereocenters. The number of hydrazine groups is 1. The van der Waals surface area contributed by atoms with Gasteiger partial charge in [0.1, 0.15) is 5.70 Å². The number of hydrogen-bond acceptors (Lipinski definition) is 3. The van der Waals surface area contributed by atoms with Gasteiger partial charge in [-0.25, -0.2) is 10.0 Å². The molecule has 0 saturated carbocycles. The lowest BCUT2D eigenvalue weighted by Crippen LogP contribution is -2.53. The number of aliphatic imine (C=N–C) groups is 1. The van der Waals surface area contributed by atoms with Crippen molar-refractivity contribution in [3.05, 3.63) is 124 Å². The van der Waals surface area contributed by atoms with Gasteiger partial charge >= 0.3 is 0 Å². The Morgan fingerprint density at radius 2 is 1.59 bits per heavy atom. The van der Waals surface area contributed by atoms with E-state index in [0.29, 0.717) is 22.0 Å². The van der Waals surface area contributed by atoms with E-state index < -0.39 is 5.91 Å². The molecule has 6 heteroatoms. The third-order valence-electron chi connectivity index (χ3n) is 5.58. The molecule has 166 valence electrons. The SMILES string of the molecule is O=C1NN(C(=O)Cc2cccc3ccccc23)C(c2ccccc2)=N/C1=C/c1ccccc1Cl. The van der Waals surface area contributed by atoms with Crippen molar-refractivity contribution in [2.45, 2.75) is 6.42 Å². The van der Waals surface area contributed by atoms with Gasteiger partial charge < -0.3 is 0 Å². The predicted octanol–water partition coefficient (Wildman–Crippen LogP) is 5.40. The van der Waals surface area contributed by atoms with Crippen LogP contribution in [0.5, 0.6) is 0 Å². The molecule has 4 aromatic carbocycles. The molecule has 4 aromatic rings. The number of fused-ring (bicyclic) bond motifs is 1. The van der Waals surface area contributed by atoms with Crippen molar-refractivity contribution < 1.29 is 9.59 Å². The van der Waals surface area contributed by atoms with Crippen molar-refractivity contribution in [3.63, 3.8) is 0 Å². The minimum Gasteiger partial charge on any atom is -0.272 e. The minimum atomic E-state index is -0.481. The Morgan fingerprint density at radius 1 is 0.882 bits per heavy atom. The van der Waals surface area contributed by atoms with Crippen LogP contribution < -0.4 is 5.43 Å². The van der Waals surface area contributed by atoms with E-state index in [9.17, 15) is 9.59 Å². The highest BCUT2D eigenvalue weighted by Gasteiger charge is 2.30. The van der Waals surface area contributed by atoms with Gasteiger partial charge in [0, 0.05) is 10.6 Å². The molecular weight excluding hydrogens is 446 g/mol. The second-order valence-corrected chi connectivity index (χ2v) is 8.24. The quantitative estimate of drug-likeness (QED) is 0.410. The third kappa shape index (κ3) is 4.34. The average Bonchev–Trinajstić information content (AvgIpc) is 2.87. The number of carbonyl (C=O) groups excluding carboxylic acids is 2. The number of benzene rings is 4. The second-order valence-electron chi connectivity index (χ2n) is 7.84. The summed E-state index contributed by atoms with van der Waals surface area (Å²) < 4.78 is 0. The molecule has 1 aliphatic rings. The molecule has 2 amide bonds. The summed E-state index contributed by atoms with van der Waals surface area (Å²) in [6.45, 7) is 0. The number of nitrogens with one attached hydrogen (secondary N) is 1. The van der Waals surface area contributed by atoms with Gasteiger partial charge in [-0.15, -0.1) is 0 Å². The van der Waals surface area contributed by atoms with Gasteiger partial charge in [0.2, 0.25) is 0 Å². The molecule has 0 unspecified atom stereocenters. The van der Waals surface area contributed by atoms with Crippen molar-refractivity contribution in [1.82, 2.24) is 10.4 Å². The molecule has 5 nitrogen and oxygen atoms in total. The van der Waals surface area contributed by atoms with Crippen molar-refractivity contribution in [2.75, 3.05) is 0 Å². The van der Waals surface area contributed by atoms with Crippen molar-refractivity contribution in [2.24, 2.45) is 4.99 Å². The summed E-state index contributed by atoms with van der Waals surface area (Å²) in [5.41, 5.74) is 5.15. The lowest BCUT2D eigenvalue weighted by Gasteiger charge is -2.29. The smallest absolute Gasteiger partial charge is 0.272 e. The Labute approximate surface area is 202 Å². The summed E-state index contributed by atoms with van der Waals surface area (Å²) in [4.78, 5) is 31.0. The number of rotatable bonds is 4. The number of amides is 2. The van der Waals surface area contributed by atoms with Crippen LogP contribution in [0.1, 0.15) is 16.7 Å².